The third kappa shape index (κ3) is 4.30. The molecule has 2 amide bonds. The molecule has 3 rings (SSSR count). The molecule has 0 atom stereocenters. The van der Waals surface area contributed by atoms with E-state index in [-0.39, 0.29) is 6.03 Å². The van der Waals surface area contributed by atoms with Gasteiger partial charge in [-0.1, -0.05) is 35.9 Å². The molecule has 0 radical (unpaired) electrons. The number of nitrogens with zero attached hydrogens (tertiary/aromatic N) is 3. The predicted octanol–water partition coefficient (Wildman–Crippen LogP) is 2.90. The first-order valence-electron chi connectivity index (χ1n) is 8.49. The second kappa shape index (κ2) is 7.71. The molecular formula is C20H22N4O. The summed E-state index contributed by atoms with van der Waals surface area (Å²) in [5.41, 5.74) is 4.01. The average molecular weight is 334 g/mol. The minimum Gasteiger partial charge on any atom is -0.368 e. The molecule has 128 valence electrons. The summed E-state index contributed by atoms with van der Waals surface area (Å²) in [6.07, 6.45) is 0. The highest BCUT2D eigenvalue weighted by Gasteiger charge is 2.21. The fraction of sp³-hybridized carbons (Fsp3) is 0.300. The number of piperazine rings is 1. The number of carbonyl (C=O) groups is 1. The first-order valence-corrected chi connectivity index (χ1v) is 8.49. The standard InChI is InChI=1S/C20H22N4O/c1-16-4-2-6-18(12-16)15-22-20(25)24-10-8-23(9-11-24)19-7-3-5-17(13-19)14-21/h2-7,12-13H,8-11,15H2,1H3,(H,22,25). The fourth-order valence-corrected chi connectivity index (χ4v) is 3.05. The molecule has 5 nitrogen and oxygen atoms in total. The lowest BCUT2D eigenvalue weighted by Crippen LogP contribution is -2.51. The molecule has 1 aliphatic heterocycles. The molecule has 0 aromatic heterocycles. The number of anilines is 1. The van der Waals surface area contributed by atoms with Gasteiger partial charge in [-0.05, 0) is 30.7 Å². The van der Waals surface area contributed by atoms with Crippen molar-refractivity contribution in [3.05, 3.63) is 65.2 Å². The second-order valence-corrected chi connectivity index (χ2v) is 6.28. The summed E-state index contributed by atoms with van der Waals surface area (Å²) in [5.74, 6) is 0. The summed E-state index contributed by atoms with van der Waals surface area (Å²) in [5, 5.41) is 12.0. The van der Waals surface area contributed by atoms with E-state index in [1.807, 2.05) is 48.2 Å². The fourth-order valence-electron chi connectivity index (χ4n) is 3.05. The quantitative estimate of drug-likeness (QED) is 0.939. The first-order chi connectivity index (χ1) is 12.2. The van der Waals surface area contributed by atoms with E-state index in [0.29, 0.717) is 25.2 Å². The van der Waals surface area contributed by atoms with Crippen LogP contribution >= 0.6 is 0 Å². The van der Waals surface area contributed by atoms with Crippen LogP contribution in [0.3, 0.4) is 0 Å². The zero-order valence-electron chi connectivity index (χ0n) is 14.4. The van der Waals surface area contributed by atoms with E-state index < -0.39 is 0 Å². The predicted molar refractivity (Wildman–Crippen MR) is 98.4 cm³/mol. The van der Waals surface area contributed by atoms with Gasteiger partial charge in [0.15, 0.2) is 0 Å². The molecule has 5 heteroatoms. The van der Waals surface area contributed by atoms with Gasteiger partial charge < -0.3 is 15.1 Å². The average Bonchev–Trinajstić information content (AvgIpc) is 2.66. The Bertz CT molecular complexity index is 788. The lowest BCUT2D eigenvalue weighted by Gasteiger charge is -2.36. The second-order valence-electron chi connectivity index (χ2n) is 6.28. The number of urea groups is 1. The maximum Gasteiger partial charge on any atom is 0.317 e. The Morgan fingerprint density at radius 3 is 2.60 bits per heavy atom. The Labute approximate surface area is 148 Å². The zero-order chi connectivity index (χ0) is 17.6. The van der Waals surface area contributed by atoms with Crippen molar-refractivity contribution < 1.29 is 4.79 Å². The van der Waals surface area contributed by atoms with Gasteiger partial charge in [0.25, 0.3) is 0 Å². The summed E-state index contributed by atoms with van der Waals surface area (Å²) in [6, 6.07) is 17.9. The van der Waals surface area contributed by atoms with Crippen LogP contribution in [0.15, 0.2) is 48.5 Å². The summed E-state index contributed by atoms with van der Waals surface area (Å²) >= 11 is 0. The van der Waals surface area contributed by atoms with Crippen LogP contribution in [-0.4, -0.2) is 37.1 Å². The van der Waals surface area contributed by atoms with Crippen LogP contribution in [0.25, 0.3) is 0 Å². The van der Waals surface area contributed by atoms with Gasteiger partial charge in [0.1, 0.15) is 0 Å². The van der Waals surface area contributed by atoms with Gasteiger partial charge in [-0.3, -0.25) is 0 Å². The monoisotopic (exact) mass is 334 g/mol. The van der Waals surface area contributed by atoms with Crippen molar-refractivity contribution >= 4 is 11.7 Å². The Morgan fingerprint density at radius 2 is 1.88 bits per heavy atom. The van der Waals surface area contributed by atoms with E-state index in [4.69, 9.17) is 5.26 Å². The molecule has 0 aliphatic carbocycles. The summed E-state index contributed by atoms with van der Waals surface area (Å²) in [7, 11) is 0. The van der Waals surface area contributed by atoms with E-state index in [2.05, 4.69) is 22.4 Å². The van der Waals surface area contributed by atoms with Crippen LogP contribution < -0.4 is 10.2 Å². The Balaban J connectivity index is 1.51. The number of hydrogen-bond acceptors (Lipinski definition) is 3. The van der Waals surface area contributed by atoms with Gasteiger partial charge in [-0.25, -0.2) is 4.79 Å². The summed E-state index contributed by atoms with van der Waals surface area (Å²) < 4.78 is 0. The van der Waals surface area contributed by atoms with Crippen LogP contribution in [0.5, 0.6) is 0 Å². The van der Waals surface area contributed by atoms with Crippen LogP contribution in [0.2, 0.25) is 0 Å². The highest BCUT2D eigenvalue weighted by molar-refractivity contribution is 5.74. The third-order valence-electron chi connectivity index (χ3n) is 4.43. The molecule has 0 unspecified atom stereocenters. The van der Waals surface area contributed by atoms with Crippen LogP contribution in [-0.2, 0) is 6.54 Å². The lowest BCUT2D eigenvalue weighted by molar-refractivity contribution is 0.194. The maximum atomic E-state index is 12.4. The number of carbonyl (C=O) groups excluding carboxylic acids is 1. The Morgan fingerprint density at radius 1 is 1.12 bits per heavy atom. The van der Waals surface area contributed by atoms with Gasteiger partial charge in [-0.15, -0.1) is 0 Å². The Hall–Kier alpha value is -3.00. The summed E-state index contributed by atoms with van der Waals surface area (Å²) in [4.78, 5) is 16.4. The molecule has 1 fully saturated rings. The normalized spacial score (nSPS) is 14.1. The smallest absolute Gasteiger partial charge is 0.317 e. The van der Waals surface area contributed by atoms with Crippen molar-refractivity contribution in [1.29, 1.82) is 5.26 Å². The van der Waals surface area contributed by atoms with E-state index in [1.54, 1.807) is 6.07 Å². The molecule has 1 aliphatic rings. The van der Waals surface area contributed by atoms with Crippen molar-refractivity contribution in [1.82, 2.24) is 10.2 Å². The Kier molecular flexibility index (Phi) is 5.20. The van der Waals surface area contributed by atoms with Gasteiger partial charge in [-0.2, -0.15) is 5.26 Å². The molecule has 25 heavy (non-hydrogen) atoms. The number of nitriles is 1. The SMILES string of the molecule is Cc1cccc(CNC(=O)N2CCN(c3cccc(C#N)c3)CC2)c1. The topological polar surface area (TPSA) is 59.4 Å². The van der Waals surface area contributed by atoms with Crippen LogP contribution in [0.4, 0.5) is 10.5 Å². The minimum absolute atomic E-state index is 0.0214. The van der Waals surface area contributed by atoms with Gasteiger partial charge in [0, 0.05) is 38.4 Å². The molecule has 0 saturated carbocycles. The molecule has 2 aromatic carbocycles. The van der Waals surface area contributed by atoms with E-state index in [0.717, 1.165) is 24.3 Å². The van der Waals surface area contributed by atoms with Crippen molar-refractivity contribution in [2.24, 2.45) is 0 Å². The van der Waals surface area contributed by atoms with E-state index in [1.165, 1.54) is 5.56 Å². The lowest BCUT2D eigenvalue weighted by atomic mass is 10.1. The number of amides is 2. The van der Waals surface area contributed by atoms with Crippen molar-refractivity contribution in [2.75, 3.05) is 31.1 Å². The number of rotatable bonds is 3. The minimum atomic E-state index is -0.0214. The van der Waals surface area contributed by atoms with Crippen molar-refractivity contribution in [2.45, 2.75) is 13.5 Å². The highest BCUT2D eigenvalue weighted by Crippen LogP contribution is 2.18. The number of benzene rings is 2. The number of aryl methyl sites for hydroxylation is 1. The summed E-state index contributed by atoms with van der Waals surface area (Å²) in [6.45, 7) is 5.49. The van der Waals surface area contributed by atoms with Gasteiger partial charge in [0.05, 0.1) is 11.6 Å². The van der Waals surface area contributed by atoms with Crippen LogP contribution in [0, 0.1) is 18.3 Å². The highest BCUT2D eigenvalue weighted by atomic mass is 16.2. The maximum absolute atomic E-state index is 12.4. The third-order valence-corrected chi connectivity index (χ3v) is 4.43. The molecular weight excluding hydrogens is 312 g/mol. The molecule has 1 N–H and O–H groups in total. The largest absolute Gasteiger partial charge is 0.368 e. The zero-order valence-corrected chi connectivity index (χ0v) is 14.4. The van der Waals surface area contributed by atoms with Gasteiger partial charge >= 0.3 is 6.03 Å². The molecule has 0 spiro atoms. The molecule has 1 heterocycles. The molecule has 0 bridgehead atoms. The van der Waals surface area contributed by atoms with E-state index >= 15 is 0 Å². The van der Waals surface area contributed by atoms with Crippen molar-refractivity contribution in [3.8, 4) is 6.07 Å². The molecule has 2 aromatic rings. The first kappa shape index (κ1) is 16.8. The van der Waals surface area contributed by atoms with Crippen LogP contribution in [0.1, 0.15) is 16.7 Å². The van der Waals surface area contributed by atoms with Crippen molar-refractivity contribution in [3.63, 3.8) is 0 Å². The van der Waals surface area contributed by atoms with E-state index in [9.17, 15) is 4.79 Å². The number of hydrogen-bond donors (Lipinski definition) is 1. The molecule has 1 saturated heterocycles. The van der Waals surface area contributed by atoms with Gasteiger partial charge in [0.2, 0.25) is 0 Å². The number of nitrogens with one attached hydrogen (secondary N) is 1.